The summed E-state index contributed by atoms with van der Waals surface area (Å²) in [6, 6.07) is 14.2. The maximum atomic E-state index is 11.6. The highest BCUT2D eigenvalue weighted by Crippen LogP contribution is 2.22. The van der Waals surface area contributed by atoms with Crippen LogP contribution in [0.15, 0.2) is 47.0 Å². The zero-order valence-corrected chi connectivity index (χ0v) is 14.5. The molecule has 0 radical (unpaired) electrons. The Labute approximate surface area is 146 Å². The summed E-state index contributed by atoms with van der Waals surface area (Å²) in [5.41, 5.74) is 1.50. The Morgan fingerprint density at radius 3 is 2.68 bits per heavy atom. The van der Waals surface area contributed by atoms with Crippen molar-refractivity contribution in [2.45, 2.75) is 26.2 Å². The third-order valence-electron chi connectivity index (χ3n) is 4.04. The van der Waals surface area contributed by atoms with Crippen LogP contribution in [0.2, 0.25) is 0 Å². The van der Waals surface area contributed by atoms with Crippen LogP contribution in [0.4, 0.5) is 0 Å². The van der Waals surface area contributed by atoms with Crippen LogP contribution in [0.5, 0.6) is 5.75 Å². The van der Waals surface area contributed by atoms with Gasteiger partial charge in [0.05, 0.1) is 13.7 Å². The van der Waals surface area contributed by atoms with E-state index in [9.17, 15) is 4.79 Å². The van der Waals surface area contributed by atoms with Crippen LogP contribution in [0.3, 0.4) is 0 Å². The molecule has 3 rings (SSSR count). The molecule has 0 spiro atoms. The number of rotatable bonds is 7. The number of carbonyl (C=O) groups is 1. The molecule has 3 aromatic rings. The zero-order chi connectivity index (χ0) is 17.6. The summed E-state index contributed by atoms with van der Waals surface area (Å²) in [5, 5.41) is 6.12. The molecule has 25 heavy (non-hydrogen) atoms. The third-order valence-corrected chi connectivity index (χ3v) is 4.04. The lowest BCUT2D eigenvalue weighted by Gasteiger charge is -2.05. The second-order valence-electron chi connectivity index (χ2n) is 5.80. The fraction of sp³-hybridized carbons (Fsp3) is 0.300. The van der Waals surface area contributed by atoms with Crippen LogP contribution in [-0.2, 0) is 17.6 Å². The molecule has 0 saturated heterocycles. The van der Waals surface area contributed by atoms with Gasteiger partial charge in [0.25, 0.3) is 0 Å². The predicted molar refractivity (Wildman–Crippen MR) is 95.0 cm³/mol. The fourth-order valence-corrected chi connectivity index (χ4v) is 2.75. The number of nitrogens with zero attached hydrogens (tertiary/aromatic N) is 1. The van der Waals surface area contributed by atoms with E-state index in [0.29, 0.717) is 12.4 Å². The highest BCUT2D eigenvalue weighted by molar-refractivity contribution is 5.87. The molecule has 0 N–H and O–H groups in total. The second kappa shape index (κ2) is 7.83. The van der Waals surface area contributed by atoms with Gasteiger partial charge in [-0.2, -0.15) is 0 Å². The Morgan fingerprint density at radius 2 is 1.88 bits per heavy atom. The second-order valence-corrected chi connectivity index (χ2v) is 5.80. The Bertz CT molecular complexity index is 869. The summed E-state index contributed by atoms with van der Waals surface area (Å²) >= 11 is 0. The molecule has 5 heteroatoms. The zero-order valence-electron chi connectivity index (χ0n) is 14.5. The number of hydrogen-bond acceptors (Lipinski definition) is 5. The van der Waals surface area contributed by atoms with Crippen molar-refractivity contribution in [3.8, 4) is 5.75 Å². The van der Waals surface area contributed by atoms with Crippen molar-refractivity contribution in [1.82, 2.24) is 5.16 Å². The van der Waals surface area contributed by atoms with E-state index in [0.717, 1.165) is 30.4 Å². The maximum Gasteiger partial charge on any atom is 0.360 e. The van der Waals surface area contributed by atoms with Crippen molar-refractivity contribution < 1.29 is 18.8 Å². The number of methoxy groups -OCH3 is 1. The average Bonchev–Trinajstić information content (AvgIpc) is 3.10. The van der Waals surface area contributed by atoms with Gasteiger partial charge in [-0.25, -0.2) is 4.79 Å². The van der Waals surface area contributed by atoms with E-state index < -0.39 is 5.97 Å². The topological polar surface area (TPSA) is 61.6 Å². The van der Waals surface area contributed by atoms with Gasteiger partial charge in [0.1, 0.15) is 11.5 Å². The number of aryl methyl sites for hydroxylation is 2. The summed E-state index contributed by atoms with van der Waals surface area (Å²) in [7, 11) is 1.67. The van der Waals surface area contributed by atoms with Crippen LogP contribution < -0.4 is 4.74 Å². The van der Waals surface area contributed by atoms with Gasteiger partial charge in [0.15, 0.2) is 5.69 Å². The molecule has 130 valence electrons. The molecule has 0 aliphatic rings. The number of carbonyl (C=O) groups excluding carboxylic acids is 1. The molecule has 0 saturated carbocycles. The fourth-order valence-electron chi connectivity index (χ4n) is 2.75. The van der Waals surface area contributed by atoms with Gasteiger partial charge in [-0.05, 0) is 48.2 Å². The van der Waals surface area contributed by atoms with E-state index >= 15 is 0 Å². The molecule has 0 aliphatic heterocycles. The van der Waals surface area contributed by atoms with E-state index in [4.69, 9.17) is 14.0 Å². The predicted octanol–water partition coefficient (Wildman–Crippen LogP) is 4.19. The first-order valence-electron chi connectivity index (χ1n) is 8.39. The monoisotopic (exact) mass is 339 g/mol. The van der Waals surface area contributed by atoms with E-state index in [-0.39, 0.29) is 5.69 Å². The number of ether oxygens (including phenoxy) is 2. The third kappa shape index (κ3) is 4.18. The minimum absolute atomic E-state index is 0.233. The molecular formula is C20H21NO4. The first-order chi connectivity index (χ1) is 12.2. The van der Waals surface area contributed by atoms with Crippen LogP contribution in [0.25, 0.3) is 10.8 Å². The van der Waals surface area contributed by atoms with E-state index in [1.807, 2.05) is 12.1 Å². The van der Waals surface area contributed by atoms with Crippen LogP contribution in [0.1, 0.15) is 35.2 Å². The molecule has 0 aliphatic carbocycles. The van der Waals surface area contributed by atoms with E-state index in [2.05, 4.69) is 29.4 Å². The smallest absolute Gasteiger partial charge is 0.360 e. The normalized spacial score (nSPS) is 10.8. The van der Waals surface area contributed by atoms with Gasteiger partial charge < -0.3 is 14.0 Å². The van der Waals surface area contributed by atoms with Crippen LogP contribution >= 0.6 is 0 Å². The van der Waals surface area contributed by atoms with Crippen molar-refractivity contribution >= 4 is 16.7 Å². The van der Waals surface area contributed by atoms with Crippen molar-refractivity contribution in [2.75, 3.05) is 13.7 Å². The largest absolute Gasteiger partial charge is 0.497 e. The van der Waals surface area contributed by atoms with E-state index in [1.54, 1.807) is 20.1 Å². The number of aromatic nitrogens is 1. The quantitative estimate of drug-likeness (QED) is 0.604. The lowest BCUT2D eigenvalue weighted by atomic mass is 10.0. The standard InChI is InChI=1S/C20H21NO4/c1-3-24-20(22)19-13-18(25-21-19)6-4-5-14-7-8-16-12-17(23-2)10-9-15(16)11-14/h7-13H,3-6H2,1-2H3. The molecule has 1 heterocycles. The van der Waals surface area contributed by atoms with Crippen molar-refractivity contribution in [3.63, 3.8) is 0 Å². The molecular weight excluding hydrogens is 318 g/mol. The molecule has 0 unspecified atom stereocenters. The van der Waals surface area contributed by atoms with Crippen molar-refractivity contribution in [3.05, 3.63) is 59.5 Å². The summed E-state index contributed by atoms with van der Waals surface area (Å²) in [4.78, 5) is 11.6. The van der Waals surface area contributed by atoms with E-state index in [1.165, 1.54) is 10.9 Å². The highest BCUT2D eigenvalue weighted by Gasteiger charge is 2.13. The van der Waals surface area contributed by atoms with Crippen molar-refractivity contribution in [1.29, 1.82) is 0 Å². The van der Waals surface area contributed by atoms with Crippen LogP contribution in [-0.4, -0.2) is 24.8 Å². The van der Waals surface area contributed by atoms with Gasteiger partial charge in [0.2, 0.25) is 0 Å². The SMILES string of the molecule is CCOC(=O)c1cc(CCCc2ccc3cc(OC)ccc3c2)on1. The maximum absolute atomic E-state index is 11.6. The van der Waals surface area contributed by atoms with Gasteiger partial charge >= 0.3 is 5.97 Å². The number of esters is 1. The first kappa shape index (κ1) is 17.0. The number of hydrogen-bond donors (Lipinski definition) is 0. The minimum atomic E-state index is -0.442. The number of benzene rings is 2. The molecule has 0 bridgehead atoms. The minimum Gasteiger partial charge on any atom is -0.497 e. The van der Waals surface area contributed by atoms with Crippen molar-refractivity contribution in [2.24, 2.45) is 0 Å². The molecule has 1 aromatic heterocycles. The Morgan fingerprint density at radius 1 is 1.08 bits per heavy atom. The molecule has 0 amide bonds. The summed E-state index contributed by atoms with van der Waals surface area (Å²) in [5.74, 6) is 1.12. The summed E-state index contributed by atoms with van der Waals surface area (Å²) < 4.78 is 15.4. The lowest BCUT2D eigenvalue weighted by molar-refractivity contribution is 0.0514. The molecule has 5 nitrogen and oxygen atoms in total. The Hall–Kier alpha value is -2.82. The molecule has 0 atom stereocenters. The Balaban J connectivity index is 1.58. The molecule has 2 aromatic carbocycles. The highest BCUT2D eigenvalue weighted by atomic mass is 16.5. The van der Waals surface area contributed by atoms with Gasteiger partial charge in [0, 0.05) is 12.5 Å². The lowest BCUT2D eigenvalue weighted by Crippen LogP contribution is -2.04. The number of fused-ring (bicyclic) bond motifs is 1. The average molecular weight is 339 g/mol. The Kier molecular flexibility index (Phi) is 5.33. The summed E-state index contributed by atoms with van der Waals surface area (Å²) in [6.07, 6.45) is 2.57. The first-order valence-corrected chi connectivity index (χ1v) is 8.39. The van der Waals surface area contributed by atoms with Gasteiger partial charge in [-0.3, -0.25) is 0 Å². The van der Waals surface area contributed by atoms with Gasteiger partial charge in [-0.15, -0.1) is 0 Å². The van der Waals surface area contributed by atoms with Gasteiger partial charge in [-0.1, -0.05) is 29.4 Å². The summed E-state index contributed by atoms with van der Waals surface area (Å²) in [6.45, 7) is 2.09. The molecule has 0 fully saturated rings. The van der Waals surface area contributed by atoms with Crippen LogP contribution in [0, 0.1) is 0 Å².